The Morgan fingerprint density at radius 2 is 1.83 bits per heavy atom. The fourth-order valence-corrected chi connectivity index (χ4v) is 2.76. The molecule has 0 unspecified atom stereocenters. The van der Waals surface area contributed by atoms with Crippen LogP contribution in [0.1, 0.15) is 15.9 Å². The number of aromatic nitrogens is 1. The summed E-state index contributed by atoms with van der Waals surface area (Å²) in [6.07, 6.45) is 1.49. The Balaban J connectivity index is 1.63. The van der Waals surface area contributed by atoms with Crippen LogP contribution in [-0.4, -0.2) is 22.1 Å². The number of carbonyl (C=O) groups excluding carboxylic acids is 1. The molecule has 0 bridgehead atoms. The number of nitrogens with one attached hydrogen (secondary N) is 1. The van der Waals surface area contributed by atoms with E-state index in [2.05, 4.69) is 15.5 Å². The molecular formula is C19H11Cl3N4O4. The third-order valence-corrected chi connectivity index (χ3v) is 4.62. The van der Waals surface area contributed by atoms with Crippen molar-refractivity contribution in [2.75, 3.05) is 5.43 Å². The van der Waals surface area contributed by atoms with Gasteiger partial charge in [-0.15, -0.1) is 0 Å². The van der Waals surface area contributed by atoms with Crippen molar-refractivity contribution in [3.63, 3.8) is 0 Å². The molecule has 0 aliphatic heterocycles. The smallest absolute Gasteiger partial charge is 0.343 e. The van der Waals surface area contributed by atoms with Crippen molar-refractivity contribution >= 4 is 58.5 Å². The van der Waals surface area contributed by atoms with Gasteiger partial charge in [0.05, 0.1) is 26.7 Å². The SMILES string of the molecule is O=C(Oc1ccc(C=NNc2nc(Cl)c(Cl)cc2Cl)cc1)c1cccc([N+](=O)[O-])c1. The van der Waals surface area contributed by atoms with Gasteiger partial charge in [0.25, 0.3) is 5.69 Å². The van der Waals surface area contributed by atoms with Crippen LogP contribution in [0.4, 0.5) is 11.5 Å². The lowest BCUT2D eigenvalue weighted by Gasteiger charge is -2.05. The van der Waals surface area contributed by atoms with E-state index >= 15 is 0 Å². The van der Waals surface area contributed by atoms with Crippen molar-refractivity contribution in [1.82, 2.24) is 4.98 Å². The van der Waals surface area contributed by atoms with Crippen LogP contribution in [0.25, 0.3) is 0 Å². The molecule has 0 spiro atoms. The second-order valence-corrected chi connectivity index (χ2v) is 6.90. The Bertz CT molecular complexity index is 1140. The number of benzene rings is 2. The highest BCUT2D eigenvalue weighted by Gasteiger charge is 2.13. The lowest BCUT2D eigenvalue weighted by molar-refractivity contribution is -0.384. The molecule has 1 aromatic heterocycles. The Morgan fingerprint density at radius 1 is 1.10 bits per heavy atom. The minimum Gasteiger partial charge on any atom is -0.423 e. The summed E-state index contributed by atoms with van der Waals surface area (Å²) in [5.74, 6) is -0.197. The Hall–Kier alpha value is -3.20. The van der Waals surface area contributed by atoms with Crippen LogP contribution in [0, 0.1) is 10.1 Å². The number of hydrogen-bond donors (Lipinski definition) is 1. The Labute approximate surface area is 185 Å². The highest BCUT2D eigenvalue weighted by Crippen LogP contribution is 2.28. The lowest BCUT2D eigenvalue weighted by Crippen LogP contribution is -2.08. The number of rotatable bonds is 6. The quantitative estimate of drug-likeness (QED) is 0.126. The zero-order chi connectivity index (χ0) is 21.7. The monoisotopic (exact) mass is 464 g/mol. The number of pyridine rings is 1. The van der Waals surface area contributed by atoms with Gasteiger partial charge < -0.3 is 4.74 Å². The number of anilines is 1. The summed E-state index contributed by atoms with van der Waals surface area (Å²) in [6.45, 7) is 0. The predicted octanol–water partition coefficient (Wildman–Crippen LogP) is 5.62. The van der Waals surface area contributed by atoms with E-state index in [0.717, 1.165) is 6.07 Å². The average molecular weight is 466 g/mol. The van der Waals surface area contributed by atoms with Crippen molar-refractivity contribution < 1.29 is 14.5 Å². The first-order chi connectivity index (χ1) is 14.3. The van der Waals surface area contributed by atoms with Gasteiger partial charge in [0.2, 0.25) is 0 Å². The zero-order valence-electron chi connectivity index (χ0n) is 14.9. The summed E-state index contributed by atoms with van der Waals surface area (Å²) in [6, 6.07) is 13.2. The number of hydrogen-bond acceptors (Lipinski definition) is 7. The van der Waals surface area contributed by atoms with Crippen molar-refractivity contribution in [2.45, 2.75) is 0 Å². The average Bonchev–Trinajstić information content (AvgIpc) is 2.73. The van der Waals surface area contributed by atoms with E-state index in [1.165, 1.54) is 30.5 Å². The zero-order valence-corrected chi connectivity index (χ0v) is 17.1. The van der Waals surface area contributed by atoms with Crippen LogP contribution in [0.5, 0.6) is 5.75 Å². The molecule has 8 nitrogen and oxygen atoms in total. The lowest BCUT2D eigenvalue weighted by atomic mass is 10.2. The summed E-state index contributed by atoms with van der Waals surface area (Å²) in [5, 5.41) is 15.4. The molecule has 2 aromatic carbocycles. The summed E-state index contributed by atoms with van der Waals surface area (Å²) in [7, 11) is 0. The van der Waals surface area contributed by atoms with Gasteiger partial charge in [-0.2, -0.15) is 5.10 Å². The number of non-ortho nitro benzene ring substituents is 1. The first kappa shape index (κ1) is 21.5. The molecular weight excluding hydrogens is 455 g/mol. The molecule has 1 N–H and O–H groups in total. The molecule has 0 saturated carbocycles. The van der Waals surface area contributed by atoms with E-state index in [1.54, 1.807) is 24.3 Å². The molecule has 0 aliphatic rings. The first-order valence-corrected chi connectivity index (χ1v) is 9.34. The summed E-state index contributed by atoms with van der Waals surface area (Å²) in [4.78, 5) is 26.4. The molecule has 0 amide bonds. The number of hydrazone groups is 1. The van der Waals surface area contributed by atoms with E-state index in [4.69, 9.17) is 39.5 Å². The summed E-state index contributed by atoms with van der Waals surface area (Å²) >= 11 is 17.7. The van der Waals surface area contributed by atoms with Gasteiger partial charge in [0, 0.05) is 12.1 Å². The van der Waals surface area contributed by atoms with E-state index < -0.39 is 10.9 Å². The van der Waals surface area contributed by atoms with Crippen LogP contribution in [0.2, 0.25) is 15.2 Å². The second-order valence-electron chi connectivity index (χ2n) is 5.73. The fourth-order valence-electron chi connectivity index (χ4n) is 2.22. The second kappa shape index (κ2) is 9.53. The number of nitro groups is 1. The topological polar surface area (TPSA) is 107 Å². The van der Waals surface area contributed by atoms with Crippen molar-refractivity contribution in [2.24, 2.45) is 5.10 Å². The molecule has 0 radical (unpaired) electrons. The normalized spacial score (nSPS) is 10.8. The van der Waals surface area contributed by atoms with E-state index in [-0.39, 0.29) is 38.0 Å². The third-order valence-electron chi connectivity index (χ3n) is 3.65. The van der Waals surface area contributed by atoms with Gasteiger partial charge in [-0.3, -0.25) is 15.5 Å². The predicted molar refractivity (Wildman–Crippen MR) is 115 cm³/mol. The summed E-state index contributed by atoms with van der Waals surface area (Å²) in [5.41, 5.74) is 3.22. The number of nitro benzene ring substituents is 1. The number of esters is 1. The van der Waals surface area contributed by atoms with Gasteiger partial charge in [-0.05, 0) is 42.0 Å². The van der Waals surface area contributed by atoms with Crippen LogP contribution in [-0.2, 0) is 0 Å². The number of carbonyl (C=O) groups is 1. The first-order valence-electron chi connectivity index (χ1n) is 8.21. The van der Waals surface area contributed by atoms with Crippen LogP contribution < -0.4 is 10.2 Å². The van der Waals surface area contributed by atoms with Crippen LogP contribution in [0.15, 0.2) is 59.7 Å². The minimum atomic E-state index is -0.706. The van der Waals surface area contributed by atoms with Crippen molar-refractivity contribution in [1.29, 1.82) is 0 Å². The molecule has 3 rings (SSSR count). The highest BCUT2D eigenvalue weighted by molar-refractivity contribution is 6.42. The molecule has 3 aromatic rings. The largest absolute Gasteiger partial charge is 0.423 e. The number of ether oxygens (including phenoxy) is 1. The van der Waals surface area contributed by atoms with Gasteiger partial charge in [-0.1, -0.05) is 40.9 Å². The molecule has 0 atom stereocenters. The van der Waals surface area contributed by atoms with Crippen molar-refractivity contribution in [3.8, 4) is 5.75 Å². The molecule has 11 heteroatoms. The fraction of sp³-hybridized carbons (Fsp3) is 0. The molecule has 0 saturated heterocycles. The molecule has 1 heterocycles. The number of halogens is 3. The van der Waals surface area contributed by atoms with Gasteiger partial charge in [0.1, 0.15) is 10.9 Å². The highest BCUT2D eigenvalue weighted by atomic mass is 35.5. The van der Waals surface area contributed by atoms with Gasteiger partial charge in [0.15, 0.2) is 5.82 Å². The molecule has 152 valence electrons. The molecule has 0 aliphatic carbocycles. The Morgan fingerprint density at radius 3 is 2.53 bits per heavy atom. The van der Waals surface area contributed by atoms with E-state index in [0.29, 0.717) is 5.56 Å². The standard InChI is InChI=1S/C19H11Cl3N4O4/c20-15-9-16(21)18(24-17(15)22)25-23-10-11-4-6-14(7-5-11)30-19(27)12-2-1-3-13(8-12)26(28)29/h1-10H,(H,24,25). The third kappa shape index (κ3) is 5.44. The van der Waals surface area contributed by atoms with Crippen LogP contribution in [0.3, 0.4) is 0 Å². The van der Waals surface area contributed by atoms with Crippen LogP contribution >= 0.6 is 34.8 Å². The van der Waals surface area contributed by atoms with Crippen molar-refractivity contribution in [3.05, 3.63) is 91.0 Å². The molecule has 0 fully saturated rings. The maximum Gasteiger partial charge on any atom is 0.343 e. The van der Waals surface area contributed by atoms with Gasteiger partial charge in [-0.25, -0.2) is 9.78 Å². The Kier molecular flexibility index (Phi) is 6.83. The summed E-state index contributed by atoms with van der Waals surface area (Å²) < 4.78 is 5.23. The molecule has 30 heavy (non-hydrogen) atoms. The number of nitrogens with zero attached hydrogens (tertiary/aromatic N) is 3. The van der Waals surface area contributed by atoms with Gasteiger partial charge >= 0.3 is 5.97 Å². The maximum atomic E-state index is 12.2. The minimum absolute atomic E-state index is 0.0741. The maximum absolute atomic E-state index is 12.2. The van der Waals surface area contributed by atoms with E-state index in [1.807, 2.05) is 0 Å². The van der Waals surface area contributed by atoms with E-state index in [9.17, 15) is 14.9 Å².